The molecule has 146 valence electrons. The second-order valence-electron chi connectivity index (χ2n) is 6.94. The lowest BCUT2D eigenvalue weighted by Crippen LogP contribution is -2.05. The summed E-state index contributed by atoms with van der Waals surface area (Å²) in [6.45, 7) is 0. The van der Waals surface area contributed by atoms with Crippen molar-refractivity contribution in [2.75, 3.05) is 0 Å². The monoisotopic (exact) mass is 410 g/mol. The highest BCUT2D eigenvalue weighted by molar-refractivity contribution is 7.17. The van der Waals surface area contributed by atoms with Crippen LogP contribution in [0.1, 0.15) is 28.5 Å². The predicted molar refractivity (Wildman–Crippen MR) is 121 cm³/mol. The van der Waals surface area contributed by atoms with E-state index in [0.29, 0.717) is 6.42 Å². The van der Waals surface area contributed by atoms with Crippen LogP contribution in [0.4, 0.5) is 0 Å². The number of nitrogens with zero attached hydrogens (tertiary/aromatic N) is 4. The Labute approximate surface area is 178 Å². The summed E-state index contributed by atoms with van der Waals surface area (Å²) in [6, 6.07) is 17.9. The number of benzene rings is 1. The molecule has 0 amide bonds. The summed E-state index contributed by atoms with van der Waals surface area (Å²) in [6.07, 6.45) is 8.80. The standard InChI is InChI=1S/C24H18N4OS/c29-23(19-3-1-2-18(14-19)16-4-9-25-10-5-16)20-15-22(17-6-11-26-12-7-17)30-24(20)21-8-13-27-28-21/h1-7,9-15,23,29H,8H2. The van der Waals surface area contributed by atoms with Crippen LogP contribution < -0.4 is 0 Å². The van der Waals surface area contributed by atoms with Crippen LogP contribution >= 0.6 is 11.3 Å². The smallest absolute Gasteiger partial charge is 0.106 e. The molecule has 0 radical (unpaired) electrons. The molecule has 30 heavy (non-hydrogen) atoms. The molecule has 6 heteroatoms. The van der Waals surface area contributed by atoms with Crippen molar-refractivity contribution in [3.8, 4) is 21.6 Å². The first-order chi connectivity index (χ1) is 14.8. The Kier molecular flexibility index (Phi) is 5.01. The lowest BCUT2D eigenvalue weighted by Gasteiger charge is -2.13. The van der Waals surface area contributed by atoms with E-state index >= 15 is 0 Å². The van der Waals surface area contributed by atoms with Gasteiger partial charge in [0.15, 0.2) is 0 Å². The van der Waals surface area contributed by atoms with Crippen molar-refractivity contribution >= 4 is 23.3 Å². The minimum Gasteiger partial charge on any atom is -0.384 e. The molecular formula is C24H18N4OS. The Balaban J connectivity index is 1.57. The Morgan fingerprint density at radius 2 is 1.57 bits per heavy atom. The van der Waals surface area contributed by atoms with Crippen LogP contribution in [-0.4, -0.2) is 27.0 Å². The minimum atomic E-state index is -0.767. The highest BCUT2D eigenvalue weighted by Crippen LogP contribution is 2.38. The van der Waals surface area contributed by atoms with Gasteiger partial charge in [0.1, 0.15) is 6.10 Å². The molecule has 1 aliphatic rings. The van der Waals surface area contributed by atoms with E-state index in [-0.39, 0.29) is 0 Å². The van der Waals surface area contributed by atoms with Crippen molar-refractivity contribution in [2.45, 2.75) is 12.5 Å². The number of rotatable bonds is 5. The number of aliphatic hydroxyl groups excluding tert-OH is 1. The maximum Gasteiger partial charge on any atom is 0.106 e. The summed E-state index contributed by atoms with van der Waals surface area (Å²) in [4.78, 5) is 10.2. The molecule has 0 saturated carbocycles. The van der Waals surface area contributed by atoms with Gasteiger partial charge in [-0.05, 0) is 58.7 Å². The molecule has 0 aliphatic carbocycles. The van der Waals surface area contributed by atoms with Crippen molar-refractivity contribution in [3.63, 3.8) is 0 Å². The summed E-state index contributed by atoms with van der Waals surface area (Å²) in [5.74, 6) is 0. The molecule has 5 nitrogen and oxygen atoms in total. The van der Waals surface area contributed by atoms with Gasteiger partial charge in [0.2, 0.25) is 0 Å². The second kappa shape index (κ2) is 8.10. The van der Waals surface area contributed by atoms with Crippen molar-refractivity contribution in [3.05, 3.63) is 95.4 Å². The Morgan fingerprint density at radius 1 is 0.833 bits per heavy atom. The molecule has 0 bridgehead atoms. The van der Waals surface area contributed by atoms with Crippen molar-refractivity contribution in [1.82, 2.24) is 9.97 Å². The zero-order chi connectivity index (χ0) is 20.3. The second-order valence-corrected chi connectivity index (χ2v) is 8.00. The summed E-state index contributed by atoms with van der Waals surface area (Å²) < 4.78 is 0. The van der Waals surface area contributed by atoms with Gasteiger partial charge in [-0.25, -0.2) is 0 Å². The van der Waals surface area contributed by atoms with Crippen molar-refractivity contribution < 1.29 is 5.11 Å². The zero-order valence-corrected chi connectivity index (χ0v) is 16.8. The van der Waals surface area contributed by atoms with Gasteiger partial charge >= 0.3 is 0 Å². The van der Waals surface area contributed by atoms with Crippen LogP contribution in [0.15, 0.2) is 89.6 Å². The van der Waals surface area contributed by atoms with Gasteiger partial charge in [-0.2, -0.15) is 10.2 Å². The highest BCUT2D eigenvalue weighted by atomic mass is 32.1. The van der Waals surface area contributed by atoms with E-state index in [2.05, 4.69) is 26.2 Å². The molecular weight excluding hydrogens is 392 g/mol. The number of thiophene rings is 1. The predicted octanol–water partition coefficient (Wildman–Crippen LogP) is 5.13. The first-order valence-electron chi connectivity index (χ1n) is 9.61. The van der Waals surface area contributed by atoms with Gasteiger partial charge in [-0.3, -0.25) is 9.97 Å². The van der Waals surface area contributed by atoms with Crippen LogP contribution in [-0.2, 0) is 0 Å². The molecule has 1 N–H and O–H groups in total. The summed E-state index contributed by atoms with van der Waals surface area (Å²) in [5, 5.41) is 19.7. The van der Waals surface area contributed by atoms with Crippen LogP contribution in [0.2, 0.25) is 0 Å². The fourth-order valence-corrected chi connectivity index (χ4v) is 4.71. The lowest BCUT2D eigenvalue weighted by atomic mass is 9.96. The van der Waals surface area contributed by atoms with Crippen LogP contribution in [0, 0.1) is 0 Å². The van der Waals surface area contributed by atoms with Gasteiger partial charge in [0, 0.05) is 47.9 Å². The summed E-state index contributed by atoms with van der Waals surface area (Å²) in [5.41, 5.74) is 5.75. The minimum absolute atomic E-state index is 0.674. The molecule has 1 aliphatic heterocycles. The van der Waals surface area contributed by atoms with E-state index in [4.69, 9.17) is 0 Å². The van der Waals surface area contributed by atoms with E-state index in [0.717, 1.165) is 43.3 Å². The molecule has 1 atom stereocenters. The molecule has 0 spiro atoms. The molecule has 4 heterocycles. The molecule has 4 aromatic rings. The first kappa shape index (κ1) is 18.5. The van der Waals surface area contributed by atoms with E-state index in [9.17, 15) is 5.11 Å². The molecule has 1 aromatic carbocycles. The molecule has 3 aromatic heterocycles. The SMILES string of the molecule is OC(c1cccc(-c2ccncc2)c1)c1cc(-c2ccncc2)sc1C1=NN=CC1. The number of hydrogen-bond acceptors (Lipinski definition) is 6. The normalized spacial score (nSPS) is 14.0. The van der Waals surface area contributed by atoms with E-state index in [1.54, 1.807) is 42.3 Å². The molecule has 1 unspecified atom stereocenters. The van der Waals surface area contributed by atoms with Crippen LogP contribution in [0.3, 0.4) is 0 Å². The third kappa shape index (κ3) is 3.58. The average molecular weight is 411 g/mol. The number of hydrogen-bond donors (Lipinski definition) is 1. The number of aromatic nitrogens is 2. The lowest BCUT2D eigenvalue weighted by molar-refractivity contribution is 0.220. The van der Waals surface area contributed by atoms with Crippen LogP contribution in [0.5, 0.6) is 0 Å². The van der Waals surface area contributed by atoms with Crippen molar-refractivity contribution in [1.29, 1.82) is 0 Å². The van der Waals surface area contributed by atoms with Gasteiger partial charge in [-0.1, -0.05) is 18.2 Å². The largest absolute Gasteiger partial charge is 0.384 e. The van der Waals surface area contributed by atoms with Crippen molar-refractivity contribution in [2.24, 2.45) is 10.2 Å². The number of pyridine rings is 2. The van der Waals surface area contributed by atoms with Gasteiger partial charge in [-0.15, -0.1) is 11.3 Å². The van der Waals surface area contributed by atoms with Gasteiger partial charge < -0.3 is 5.11 Å². The van der Waals surface area contributed by atoms with Crippen LogP contribution in [0.25, 0.3) is 21.6 Å². The third-order valence-corrected chi connectivity index (χ3v) is 6.29. The van der Waals surface area contributed by atoms with E-state index in [1.807, 2.05) is 48.5 Å². The fourth-order valence-electron chi connectivity index (χ4n) is 3.52. The first-order valence-corrected chi connectivity index (χ1v) is 10.4. The highest BCUT2D eigenvalue weighted by Gasteiger charge is 2.23. The average Bonchev–Trinajstić information content (AvgIpc) is 3.50. The van der Waals surface area contributed by atoms with E-state index in [1.165, 1.54) is 0 Å². The maximum atomic E-state index is 11.4. The third-order valence-electron chi connectivity index (χ3n) is 5.04. The zero-order valence-electron chi connectivity index (χ0n) is 16.0. The topological polar surface area (TPSA) is 70.7 Å². The summed E-state index contributed by atoms with van der Waals surface area (Å²) in [7, 11) is 0. The quantitative estimate of drug-likeness (QED) is 0.496. The molecule has 0 saturated heterocycles. The molecule has 0 fully saturated rings. The van der Waals surface area contributed by atoms with Gasteiger partial charge in [0.05, 0.1) is 10.6 Å². The molecule has 5 rings (SSSR count). The fraction of sp³-hybridized carbons (Fsp3) is 0.0833. The maximum absolute atomic E-state index is 11.4. The summed E-state index contributed by atoms with van der Waals surface area (Å²) >= 11 is 1.63. The van der Waals surface area contributed by atoms with E-state index < -0.39 is 6.10 Å². The Hall–Kier alpha value is -3.48. The Morgan fingerprint density at radius 3 is 2.27 bits per heavy atom. The number of aliphatic hydroxyl groups is 1. The van der Waals surface area contributed by atoms with Gasteiger partial charge in [0.25, 0.3) is 0 Å². The Bertz CT molecular complexity index is 1230.